The number of imidazole rings is 1. The third-order valence-corrected chi connectivity index (χ3v) is 8.65. The van der Waals surface area contributed by atoms with Crippen LogP contribution in [0, 0.1) is 5.92 Å². The standard InChI is InChI=1S/C23H24N2S/c1-19(2)23(21-11-7-4-8-12-21)26(25-15-14-24-18-25)16-13-22(17-26)20-9-5-3-6-10-20/h3-19,23H,1-2H3. The maximum absolute atomic E-state index is 4.37. The first-order valence-corrected chi connectivity index (χ1v) is 10.8. The Kier molecular flexibility index (Phi) is 4.56. The van der Waals surface area contributed by atoms with Crippen LogP contribution in [0.25, 0.3) is 5.57 Å². The molecule has 2 nitrogen and oxygen atoms in total. The second-order valence-corrected chi connectivity index (χ2v) is 9.85. The summed E-state index contributed by atoms with van der Waals surface area (Å²) in [6.45, 7) is 4.65. The highest BCUT2D eigenvalue weighted by atomic mass is 32.3. The smallest absolute Gasteiger partial charge is 0.104 e. The highest BCUT2D eigenvalue weighted by molar-refractivity contribution is 8.37. The molecule has 2 atom stereocenters. The van der Waals surface area contributed by atoms with E-state index < -0.39 is 10.2 Å². The van der Waals surface area contributed by atoms with Crippen LogP contribution in [0.1, 0.15) is 30.2 Å². The molecule has 3 heteroatoms. The van der Waals surface area contributed by atoms with Gasteiger partial charge in [-0.25, -0.2) is 4.98 Å². The number of nitrogens with zero attached hydrogens (tertiary/aromatic N) is 2. The Balaban J connectivity index is 1.89. The van der Waals surface area contributed by atoms with Crippen molar-refractivity contribution < 1.29 is 0 Å². The largest absolute Gasteiger partial charge is 0.291 e. The minimum absolute atomic E-state index is 0.398. The van der Waals surface area contributed by atoms with Gasteiger partial charge in [0.25, 0.3) is 0 Å². The van der Waals surface area contributed by atoms with E-state index in [0.717, 1.165) is 0 Å². The maximum atomic E-state index is 4.37. The number of aromatic nitrogens is 2. The summed E-state index contributed by atoms with van der Waals surface area (Å²) >= 11 is 0. The summed E-state index contributed by atoms with van der Waals surface area (Å²) in [5, 5.41) is 5.31. The molecule has 0 spiro atoms. The Morgan fingerprint density at radius 2 is 1.62 bits per heavy atom. The lowest BCUT2D eigenvalue weighted by molar-refractivity contribution is 0.625. The van der Waals surface area contributed by atoms with Crippen LogP contribution in [-0.4, -0.2) is 8.96 Å². The zero-order valence-electron chi connectivity index (χ0n) is 15.2. The molecule has 1 aliphatic heterocycles. The van der Waals surface area contributed by atoms with Crippen molar-refractivity contribution >= 4 is 15.8 Å². The van der Waals surface area contributed by atoms with Gasteiger partial charge in [0.05, 0.1) is 0 Å². The van der Waals surface area contributed by atoms with E-state index in [-0.39, 0.29) is 0 Å². The molecule has 0 amide bonds. The van der Waals surface area contributed by atoms with Crippen LogP contribution in [-0.2, 0) is 0 Å². The van der Waals surface area contributed by atoms with Gasteiger partial charge in [-0.15, -0.1) is 10.2 Å². The molecular formula is C23H24N2S. The van der Waals surface area contributed by atoms with E-state index in [1.807, 2.05) is 12.5 Å². The van der Waals surface area contributed by atoms with E-state index in [0.29, 0.717) is 11.2 Å². The van der Waals surface area contributed by atoms with Gasteiger partial charge in [0, 0.05) is 17.6 Å². The summed E-state index contributed by atoms with van der Waals surface area (Å²) in [6.07, 6.45) is 8.27. The van der Waals surface area contributed by atoms with Crippen LogP contribution in [0.5, 0.6) is 0 Å². The van der Waals surface area contributed by atoms with Crippen molar-refractivity contribution in [2.75, 3.05) is 0 Å². The van der Waals surface area contributed by atoms with Gasteiger partial charge in [0.1, 0.15) is 6.33 Å². The lowest BCUT2D eigenvalue weighted by atomic mass is 10.0. The molecule has 1 aromatic heterocycles. The highest BCUT2D eigenvalue weighted by Crippen LogP contribution is 2.69. The molecule has 0 saturated carbocycles. The van der Waals surface area contributed by atoms with Gasteiger partial charge in [-0.3, -0.25) is 3.97 Å². The molecule has 26 heavy (non-hydrogen) atoms. The first kappa shape index (κ1) is 16.9. The van der Waals surface area contributed by atoms with E-state index in [2.05, 4.69) is 107 Å². The molecule has 0 aliphatic carbocycles. The van der Waals surface area contributed by atoms with Gasteiger partial charge in [-0.1, -0.05) is 74.5 Å². The van der Waals surface area contributed by atoms with Crippen molar-refractivity contribution in [3.8, 4) is 0 Å². The van der Waals surface area contributed by atoms with E-state index in [4.69, 9.17) is 0 Å². The molecule has 4 rings (SSSR count). The topological polar surface area (TPSA) is 17.8 Å². The molecule has 0 fully saturated rings. The summed E-state index contributed by atoms with van der Waals surface area (Å²) in [5.41, 5.74) is 3.96. The average molecular weight is 361 g/mol. The van der Waals surface area contributed by atoms with Gasteiger partial charge < -0.3 is 0 Å². The molecule has 2 heterocycles. The minimum atomic E-state index is -1.38. The molecular weight excluding hydrogens is 336 g/mol. The lowest BCUT2D eigenvalue weighted by Crippen LogP contribution is -2.18. The molecule has 0 saturated heterocycles. The fourth-order valence-corrected chi connectivity index (χ4v) is 7.65. The summed E-state index contributed by atoms with van der Waals surface area (Å²) in [4.78, 5) is 4.37. The molecule has 1 aliphatic rings. The third kappa shape index (κ3) is 2.93. The SMILES string of the molecule is CC(C)C(c1ccccc1)S1(n2ccnc2)C=CC(c2ccccc2)=C1. The van der Waals surface area contributed by atoms with Crippen LogP contribution in [0.4, 0.5) is 0 Å². The second-order valence-electron chi connectivity index (χ2n) is 6.96. The van der Waals surface area contributed by atoms with Crippen LogP contribution in [0.3, 0.4) is 0 Å². The number of hydrogen-bond acceptors (Lipinski definition) is 1. The summed E-state index contributed by atoms with van der Waals surface area (Å²) < 4.78 is 2.33. The van der Waals surface area contributed by atoms with Crippen molar-refractivity contribution in [2.24, 2.45) is 5.92 Å². The Morgan fingerprint density at radius 3 is 2.23 bits per heavy atom. The van der Waals surface area contributed by atoms with Crippen LogP contribution >= 0.6 is 10.2 Å². The maximum Gasteiger partial charge on any atom is 0.104 e. The lowest BCUT2D eigenvalue weighted by Gasteiger charge is -2.43. The predicted octanol–water partition coefficient (Wildman–Crippen LogP) is 6.42. The Hall–Kier alpha value is -2.52. The molecule has 0 N–H and O–H groups in total. The van der Waals surface area contributed by atoms with Crippen LogP contribution in [0.2, 0.25) is 0 Å². The first-order chi connectivity index (χ1) is 12.7. The summed E-state index contributed by atoms with van der Waals surface area (Å²) in [5.74, 6) is 0.505. The van der Waals surface area contributed by atoms with E-state index >= 15 is 0 Å². The third-order valence-electron chi connectivity index (χ3n) is 4.87. The van der Waals surface area contributed by atoms with Crippen molar-refractivity contribution in [1.29, 1.82) is 0 Å². The Labute approximate surface area is 157 Å². The molecule has 3 aromatic rings. The fraction of sp³-hybridized carbons (Fsp3) is 0.174. The van der Waals surface area contributed by atoms with Crippen molar-refractivity contribution in [3.63, 3.8) is 0 Å². The number of allylic oxidation sites excluding steroid dienone is 2. The monoisotopic (exact) mass is 360 g/mol. The van der Waals surface area contributed by atoms with Crippen molar-refractivity contribution in [2.45, 2.75) is 19.1 Å². The molecule has 0 radical (unpaired) electrons. The summed E-state index contributed by atoms with van der Waals surface area (Å²) in [6, 6.07) is 21.6. The molecule has 2 aromatic carbocycles. The summed E-state index contributed by atoms with van der Waals surface area (Å²) in [7, 11) is -1.38. The average Bonchev–Trinajstić information content (AvgIpc) is 3.34. The minimum Gasteiger partial charge on any atom is -0.291 e. The van der Waals surface area contributed by atoms with Crippen molar-refractivity contribution in [1.82, 2.24) is 8.96 Å². The number of hydrogen-bond donors (Lipinski definition) is 0. The highest BCUT2D eigenvalue weighted by Gasteiger charge is 2.37. The Bertz CT molecular complexity index is 911. The molecule has 0 bridgehead atoms. The zero-order valence-corrected chi connectivity index (χ0v) is 16.0. The van der Waals surface area contributed by atoms with E-state index in [1.54, 1.807) is 0 Å². The quantitative estimate of drug-likeness (QED) is 0.513. The van der Waals surface area contributed by atoms with Crippen molar-refractivity contribution in [3.05, 3.63) is 107 Å². The normalized spacial score (nSPS) is 22.8. The van der Waals surface area contributed by atoms with Gasteiger partial charge in [-0.2, -0.15) is 0 Å². The van der Waals surface area contributed by atoms with Gasteiger partial charge >= 0.3 is 0 Å². The van der Waals surface area contributed by atoms with Crippen LogP contribution < -0.4 is 0 Å². The zero-order chi connectivity index (χ0) is 18.0. The first-order valence-electron chi connectivity index (χ1n) is 9.01. The van der Waals surface area contributed by atoms with E-state index in [1.165, 1.54) is 16.7 Å². The van der Waals surface area contributed by atoms with Gasteiger partial charge in [-0.05, 0) is 39.5 Å². The van der Waals surface area contributed by atoms with E-state index in [9.17, 15) is 0 Å². The van der Waals surface area contributed by atoms with Gasteiger partial charge in [0.2, 0.25) is 0 Å². The molecule has 132 valence electrons. The molecule has 2 unspecified atom stereocenters. The Morgan fingerprint density at radius 1 is 0.923 bits per heavy atom. The number of benzene rings is 2. The number of rotatable bonds is 5. The predicted molar refractivity (Wildman–Crippen MR) is 113 cm³/mol. The van der Waals surface area contributed by atoms with Gasteiger partial charge in [0.15, 0.2) is 0 Å². The second kappa shape index (κ2) is 7.00. The van der Waals surface area contributed by atoms with Crippen LogP contribution in [0.15, 0.2) is 96.3 Å². The fourth-order valence-electron chi connectivity index (χ4n) is 3.79.